The maximum absolute atomic E-state index is 5.89. The second-order valence-electron chi connectivity index (χ2n) is 3.32. The van der Waals surface area contributed by atoms with Crippen LogP contribution in [0.4, 0.5) is 0 Å². The van der Waals surface area contributed by atoms with Gasteiger partial charge in [0, 0.05) is 11.1 Å². The SMILES string of the molecule is Cc1cnc(C(NN)c2ccc(Cl)s2)cn1. The van der Waals surface area contributed by atoms with E-state index in [1.165, 1.54) is 11.3 Å². The fraction of sp³-hybridized carbons (Fsp3) is 0.200. The van der Waals surface area contributed by atoms with Gasteiger partial charge in [-0.1, -0.05) is 11.6 Å². The molecule has 3 N–H and O–H groups in total. The van der Waals surface area contributed by atoms with Crippen molar-refractivity contribution in [2.24, 2.45) is 5.84 Å². The number of aromatic nitrogens is 2. The van der Waals surface area contributed by atoms with Gasteiger partial charge in [-0.15, -0.1) is 11.3 Å². The van der Waals surface area contributed by atoms with Crippen molar-refractivity contribution in [1.82, 2.24) is 15.4 Å². The molecule has 84 valence electrons. The normalized spacial score (nSPS) is 12.7. The van der Waals surface area contributed by atoms with Gasteiger partial charge in [-0.05, 0) is 19.1 Å². The lowest BCUT2D eigenvalue weighted by atomic mass is 10.2. The minimum atomic E-state index is -0.161. The summed E-state index contributed by atoms with van der Waals surface area (Å²) in [7, 11) is 0. The van der Waals surface area contributed by atoms with Crippen LogP contribution in [0, 0.1) is 6.92 Å². The van der Waals surface area contributed by atoms with Crippen molar-refractivity contribution < 1.29 is 0 Å². The summed E-state index contributed by atoms with van der Waals surface area (Å²) in [6.07, 6.45) is 3.43. The predicted molar refractivity (Wildman–Crippen MR) is 65.3 cm³/mol. The molecule has 2 aromatic rings. The van der Waals surface area contributed by atoms with Gasteiger partial charge in [0.25, 0.3) is 0 Å². The molecule has 4 nitrogen and oxygen atoms in total. The van der Waals surface area contributed by atoms with E-state index in [0.29, 0.717) is 0 Å². The standard InChI is InChI=1S/C10H11ClN4S/c1-6-4-14-7(5-13-6)10(15-12)8-2-3-9(11)16-8/h2-5,10,15H,12H2,1H3. The maximum atomic E-state index is 5.89. The number of hydrazine groups is 1. The molecule has 0 aliphatic rings. The van der Waals surface area contributed by atoms with E-state index in [0.717, 1.165) is 20.6 Å². The van der Waals surface area contributed by atoms with Gasteiger partial charge in [0.05, 0.1) is 28.0 Å². The number of aryl methyl sites for hydroxylation is 1. The van der Waals surface area contributed by atoms with E-state index in [1.54, 1.807) is 12.4 Å². The fourth-order valence-corrected chi connectivity index (χ4v) is 2.48. The first kappa shape index (κ1) is 11.5. The molecule has 0 bridgehead atoms. The average molecular weight is 255 g/mol. The fourth-order valence-electron chi connectivity index (χ4n) is 1.35. The molecule has 0 fully saturated rings. The van der Waals surface area contributed by atoms with E-state index in [-0.39, 0.29) is 6.04 Å². The predicted octanol–water partition coefficient (Wildman–Crippen LogP) is 2.05. The van der Waals surface area contributed by atoms with Crippen molar-refractivity contribution in [1.29, 1.82) is 0 Å². The number of rotatable bonds is 3. The van der Waals surface area contributed by atoms with Crippen molar-refractivity contribution >= 4 is 22.9 Å². The zero-order chi connectivity index (χ0) is 11.5. The Morgan fingerprint density at radius 2 is 2.19 bits per heavy atom. The van der Waals surface area contributed by atoms with Gasteiger partial charge >= 0.3 is 0 Å². The smallest absolute Gasteiger partial charge is 0.0989 e. The van der Waals surface area contributed by atoms with Crippen molar-refractivity contribution in [3.05, 3.63) is 45.1 Å². The Balaban J connectivity index is 2.32. The molecule has 1 unspecified atom stereocenters. The first-order valence-corrected chi connectivity index (χ1v) is 5.90. The summed E-state index contributed by atoms with van der Waals surface area (Å²) in [5.41, 5.74) is 4.38. The topological polar surface area (TPSA) is 63.8 Å². The molecule has 0 radical (unpaired) electrons. The summed E-state index contributed by atoms with van der Waals surface area (Å²) in [6, 6.07) is 3.61. The second kappa shape index (κ2) is 4.88. The van der Waals surface area contributed by atoms with Gasteiger partial charge in [0.15, 0.2) is 0 Å². The van der Waals surface area contributed by atoms with Crippen LogP contribution in [-0.2, 0) is 0 Å². The van der Waals surface area contributed by atoms with Crippen LogP contribution >= 0.6 is 22.9 Å². The lowest BCUT2D eigenvalue weighted by Gasteiger charge is -2.12. The Labute approximate surface area is 102 Å². The average Bonchev–Trinajstić information content (AvgIpc) is 2.69. The van der Waals surface area contributed by atoms with E-state index in [9.17, 15) is 0 Å². The van der Waals surface area contributed by atoms with Gasteiger partial charge in [0.1, 0.15) is 0 Å². The highest BCUT2D eigenvalue weighted by Gasteiger charge is 2.16. The number of hydrogen-bond donors (Lipinski definition) is 2. The van der Waals surface area contributed by atoms with Gasteiger partial charge < -0.3 is 0 Å². The summed E-state index contributed by atoms with van der Waals surface area (Å²) < 4.78 is 0.732. The molecule has 0 aliphatic carbocycles. The highest BCUT2D eigenvalue weighted by Crippen LogP contribution is 2.29. The molecule has 0 aromatic carbocycles. The van der Waals surface area contributed by atoms with Crippen LogP contribution in [0.3, 0.4) is 0 Å². The van der Waals surface area contributed by atoms with Crippen LogP contribution in [0.15, 0.2) is 24.5 Å². The van der Waals surface area contributed by atoms with Crippen LogP contribution in [0.1, 0.15) is 22.3 Å². The maximum Gasteiger partial charge on any atom is 0.0989 e. The first-order chi connectivity index (χ1) is 7.70. The Morgan fingerprint density at radius 3 is 2.69 bits per heavy atom. The third kappa shape index (κ3) is 2.38. The Morgan fingerprint density at radius 1 is 1.38 bits per heavy atom. The summed E-state index contributed by atoms with van der Waals surface area (Å²) in [5.74, 6) is 5.53. The highest BCUT2D eigenvalue weighted by molar-refractivity contribution is 7.16. The first-order valence-electron chi connectivity index (χ1n) is 4.70. The van der Waals surface area contributed by atoms with Crippen molar-refractivity contribution in [2.75, 3.05) is 0 Å². The van der Waals surface area contributed by atoms with Crippen LogP contribution in [0.5, 0.6) is 0 Å². The number of nitrogens with one attached hydrogen (secondary N) is 1. The largest absolute Gasteiger partial charge is 0.270 e. The summed E-state index contributed by atoms with van der Waals surface area (Å²) in [4.78, 5) is 9.51. The third-order valence-electron chi connectivity index (χ3n) is 2.14. The van der Waals surface area contributed by atoms with Crippen molar-refractivity contribution in [3.8, 4) is 0 Å². The van der Waals surface area contributed by atoms with E-state index < -0.39 is 0 Å². The highest BCUT2D eigenvalue weighted by atomic mass is 35.5. The Kier molecular flexibility index (Phi) is 3.50. The van der Waals surface area contributed by atoms with Crippen molar-refractivity contribution in [3.63, 3.8) is 0 Å². The third-order valence-corrected chi connectivity index (χ3v) is 3.44. The molecule has 0 amide bonds. The quantitative estimate of drug-likeness (QED) is 0.650. The summed E-state index contributed by atoms with van der Waals surface area (Å²) >= 11 is 7.36. The molecule has 1 atom stereocenters. The lowest BCUT2D eigenvalue weighted by Crippen LogP contribution is -2.29. The molecule has 0 aliphatic heterocycles. The van der Waals surface area contributed by atoms with Crippen LogP contribution in [0.2, 0.25) is 4.34 Å². The van der Waals surface area contributed by atoms with E-state index in [4.69, 9.17) is 17.4 Å². The number of thiophene rings is 1. The van der Waals surface area contributed by atoms with Crippen LogP contribution in [-0.4, -0.2) is 9.97 Å². The Hall–Kier alpha value is -1.01. The van der Waals surface area contributed by atoms with E-state index in [1.807, 2.05) is 19.1 Å². The van der Waals surface area contributed by atoms with E-state index in [2.05, 4.69) is 15.4 Å². The van der Waals surface area contributed by atoms with Crippen LogP contribution in [0.25, 0.3) is 0 Å². The van der Waals surface area contributed by atoms with E-state index >= 15 is 0 Å². The minimum Gasteiger partial charge on any atom is -0.270 e. The lowest BCUT2D eigenvalue weighted by molar-refractivity contribution is 0.626. The number of hydrogen-bond acceptors (Lipinski definition) is 5. The minimum absolute atomic E-state index is 0.161. The number of nitrogens with two attached hydrogens (primary N) is 1. The molecule has 6 heteroatoms. The Bertz CT molecular complexity index is 468. The molecular formula is C10H11ClN4S. The number of nitrogens with zero attached hydrogens (tertiary/aromatic N) is 2. The molecule has 2 rings (SSSR count). The molecule has 2 heterocycles. The molecule has 16 heavy (non-hydrogen) atoms. The van der Waals surface area contributed by atoms with Gasteiger partial charge in [-0.25, -0.2) is 5.43 Å². The van der Waals surface area contributed by atoms with Gasteiger partial charge in [-0.3, -0.25) is 15.8 Å². The molecule has 0 spiro atoms. The molecule has 0 saturated carbocycles. The van der Waals surface area contributed by atoms with Gasteiger partial charge in [0.2, 0.25) is 0 Å². The summed E-state index contributed by atoms with van der Waals surface area (Å²) in [6.45, 7) is 1.89. The van der Waals surface area contributed by atoms with Crippen molar-refractivity contribution in [2.45, 2.75) is 13.0 Å². The number of halogens is 1. The molecule has 2 aromatic heterocycles. The molecule has 0 saturated heterocycles. The summed E-state index contributed by atoms with van der Waals surface area (Å²) in [5, 5.41) is 0. The van der Waals surface area contributed by atoms with Crippen LogP contribution < -0.4 is 11.3 Å². The second-order valence-corrected chi connectivity index (χ2v) is 5.07. The zero-order valence-corrected chi connectivity index (χ0v) is 10.2. The monoisotopic (exact) mass is 254 g/mol. The van der Waals surface area contributed by atoms with Gasteiger partial charge in [-0.2, -0.15) is 0 Å². The molecular weight excluding hydrogens is 244 g/mol. The zero-order valence-electron chi connectivity index (χ0n) is 8.64.